The van der Waals surface area contributed by atoms with Crippen molar-refractivity contribution >= 4 is 21.6 Å². The highest BCUT2D eigenvalue weighted by molar-refractivity contribution is 9.10. The van der Waals surface area contributed by atoms with Crippen LogP contribution in [0.25, 0.3) is 11.4 Å². The van der Waals surface area contributed by atoms with E-state index in [0.29, 0.717) is 5.82 Å². The van der Waals surface area contributed by atoms with Crippen LogP contribution in [-0.2, 0) is 6.42 Å². The quantitative estimate of drug-likeness (QED) is 0.724. The maximum atomic E-state index is 5.67. The fraction of sp³-hybridized carbons (Fsp3) is 0.0667. The molecule has 0 amide bonds. The highest BCUT2D eigenvalue weighted by Crippen LogP contribution is 2.17. The summed E-state index contributed by atoms with van der Waals surface area (Å²) in [6, 6.07) is 15.7. The smallest absolute Gasteiger partial charge is 0.181 e. The molecule has 20 heavy (non-hydrogen) atoms. The summed E-state index contributed by atoms with van der Waals surface area (Å²) in [5.41, 5.74) is 8.55. The molecule has 1 aromatic heterocycles. The maximum absolute atomic E-state index is 5.67. The van der Waals surface area contributed by atoms with Gasteiger partial charge in [-0.05, 0) is 42.0 Å². The lowest BCUT2D eigenvalue weighted by Gasteiger charge is -1.98. The number of rotatable bonds is 3. The first-order valence-electron chi connectivity index (χ1n) is 6.22. The van der Waals surface area contributed by atoms with E-state index < -0.39 is 0 Å². The summed E-state index contributed by atoms with van der Waals surface area (Å²) in [4.78, 5) is 4.51. The van der Waals surface area contributed by atoms with E-state index in [-0.39, 0.29) is 0 Å². The molecule has 0 aliphatic rings. The second-order valence-corrected chi connectivity index (χ2v) is 5.45. The Morgan fingerprint density at radius 1 is 1.00 bits per heavy atom. The number of nitrogens with one attached hydrogen (secondary N) is 1. The van der Waals surface area contributed by atoms with Gasteiger partial charge < -0.3 is 5.73 Å². The zero-order chi connectivity index (χ0) is 13.9. The summed E-state index contributed by atoms with van der Waals surface area (Å²) in [6.07, 6.45) is 0.731. The molecule has 0 unspecified atom stereocenters. The molecule has 100 valence electrons. The van der Waals surface area contributed by atoms with Gasteiger partial charge in [-0.2, -0.15) is 5.10 Å². The second-order valence-electron chi connectivity index (χ2n) is 4.53. The van der Waals surface area contributed by atoms with Crippen LogP contribution in [0.4, 0.5) is 5.69 Å². The highest BCUT2D eigenvalue weighted by Gasteiger charge is 2.06. The summed E-state index contributed by atoms with van der Waals surface area (Å²) in [7, 11) is 0. The Kier molecular flexibility index (Phi) is 3.52. The number of hydrogen-bond donors (Lipinski definition) is 2. The molecule has 0 saturated carbocycles. The number of aromatic amines is 1. The van der Waals surface area contributed by atoms with Crippen molar-refractivity contribution in [1.29, 1.82) is 0 Å². The molecule has 0 fully saturated rings. The predicted octanol–water partition coefficient (Wildman–Crippen LogP) is 3.41. The van der Waals surface area contributed by atoms with Crippen LogP contribution < -0.4 is 5.73 Å². The minimum atomic E-state index is 0.692. The van der Waals surface area contributed by atoms with E-state index in [1.165, 1.54) is 5.56 Å². The van der Waals surface area contributed by atoms with Gasteiger partial charge in [0.15, 0.2) is 5.82 Å². The third-order valence-electron chi connectivity index (χ3n) is 2.99. The van der Waals surface area contributed by atoms with Gasteiger partial charge in [-0.3, -0.25) is 5.10 Å². The number of anilines is 1. The van der Waals surface area contributed by atoms with E-state index in [0.717, 1.165) is 28.0 Å². The molecule has 0 saturated heterocycles. The summed E-state index contributed by atoms with van der Waals surface area (Å²) in [5.74, 6) is 1.54. The number of nitrogen functional groups attached to an aromatic ring is 1. The number of benzene rings is 2. The molecule has 0 atom stereocenters. The number of aromatic nitrogens is 3. The molecule has 0 aliphatic carbocycles. The normalized spacial score (nSPS) is 10.7. The third-order valence-corrected chi connectivity index (χ3v) is 3.51. The molecule has 3 rings (SSSR count). The fourth-order valence-electron chi connectivity index (χ4n) is 1.93. The number of nitrogens with zero attached hydrogens (tertiary/aromatic N) is 2. The zero-order valence-electron chi connectivity index (χ0n) is 10.7. The van der Waals surface area contributed by atoms with Crippen molar-refractivity contribution in [2.45, 2.75) is 6.42 Å². The summed E-state index contributed by atoms with van der Waals surface area (Å²) in [5, 5.41) is 7.22. The number of H-pyrrole nitrogens is 1. The Balaban J connectivity index is 1.80. The topological polar surface area (TPSA) is 67.6 Å². The Labute approximate surface area is 125 Å². The fourth-order valence-corrected chi connectivity index (χ4v) is 2.20. The van der Waals surface area contributed by atoms with Crippen molar-refractivity contribution in [3.8, 4) is 11.4 Å². The van der Waals surface area contributed by atoms with Gasteiger partial charge in [0.25, 0.3) is 0 Å². The molecule has 5 heteroatoms. The molecule has 3 aromatic rings. The van der Waals surface area contributed by atoms with Crippen LogP contribution in [0.5, 0.6) is 0 Å². The Hall–Kier alpha value is -2.14. The Morgan fingerprint density at radius 2 is 1.70 bits per heavy atom. The van der Waals surface area contributed by atoms with Crippen LogP contribution in [-0.4, -0.2) is 15.2 Å². The lowest BCUT2D eigenvalue weighted by atomic mass is 10.1. The van der Waals surface area contributed by atoms with Gasteiger partial charge in [0.05, 0.1) is 0 Å². The molecule has 2 aromatic carbocycles. The first-order valence-corrected chi connectivity index (χ1v) is 7.01. The van der Waals surface area contributed by atoms with Gasteiger partial charge >= 0.3 is 0 Å². The summed E-state index contributed by atoms with van der Waals surface area (Å²) in [6.45, 7) is 0. The van der Waals surface area contributed by atoms with Crippen LogP contribution in [0.3, 0.4) is 0 Å². The van der Waals surface area contributed by atoms with E-state index in [1.807, 2.05) is 36.4 Å². The zero-order valence-corrected chi connectivity index (χ0v) is 12.3. The standard InChI is InChI=1S/C15H13BrN4/c16-12-5-1-10(2-6-12)9-14-18-15(20-19-14)11-3-7-13(17)8-4-11/h1-8H,9,17H2,(H,18,19,20). The van der Waals surface area contributed by atoms with Gasteiger partial charge in [-0.25, -0.2) is 4.98 Å². The van der Waals surface area contributed by atoms with Gasteiger partial charge in [0.2, 0.25) is 0 Å². The molecular formula is C15H13BrN4. The van der Waals surface area contributed by atoms with Crippen LogP contribution in [0, 0.1) is 0 Å². The van der Waals surface area contributed by atoms with E-state index in [2.05, 4.69) is 43.2 Å². The molecule has 3 N–H and O–H groups in total. The lowest BCUT2D eigenvalue weighted by Crippen LogP contribution is -1.90. The van der Waals surface area contributed by atoms with E-state index in [9.17, 15) is 0 Å². The van der Waals surface area contributed by atoms with Gasteiger partial charge in [-0.15, -0.1) is 0 Å². The summed E-state index contributed by atoms with van der Waals surface area (Å²) >= 11 is 3.43. The lowest BCUT2D eigenvalue weighted by molar-refractivity contribution is 0.972. The molecular weight excluding hydrogens is 316 g/mol. The van der Waals surface area contributed by atoms with Gasteiger partial charge in [-0.1, -0.05) is 28.1 Å². The van der Waals surface area contributed by atoms with Crippen molar-refractivity contribution in [2.24, 2.45) is 0 Å². The van der Waals surface area contributed by atoms with Crippen LogP contribution in [0.1, 0.15) is 11.4 Å². The SMILES string of the molecule is Nc1ccc(-c2n[nH]c(Cc3ccc(Br)cc3)n2)cc1. The molecule has 0 radical (unpaired) electrons. The molecule has 4 nitrogen and oxygen atoms in total. The molecule has 0 aliphatic heterocycles. The number of nitrogens with two attached hydrogens (primary N) is 1. The predicted molar refractivity (Wildman–Crippen MR) is 83.2 cm³/mol. The third kappa shape index (κ3) is 2.88. The van der Waals surface area contributed by atoms with Crippen molar-refractivity contribution in [2.75, 3.05) is 5.73 Å². The first-order chi connectivity index (χ1) is 9.70. The first kappa shape index (κ1) is 12.9. The van der Waals surface area contributed by atoms with E-state index in [4.69, 9.17) is 5.73 Å². The van der Waals surface area contributed by atoms with Crippen LogP contribution in [0.15, 0.2) is 53.0 Å². The minimum absolute atomic E-state index is 0.692. The van der Waals surface area contributed by atoms with Gasteiger partial charge in [0.1, 0.15) is 5.82 Å². The van der Waals surface area contributed by atoms with Crippen molar-refractivity contribution in [3.63, 3.8) is 0 Å². The average molecular weight is 329 g/mol. The van der Waals surface area contributed by atoms with Crippen LogP contribution >= 0.6 is 15.9 Å². The minimum Gasteiger partial charge on any atom is -0.399 e. The molecule has 0 bridgehead atoms. The molecule has 1 heterocycles. The van der Waals surface area contributed by atoms with Crippen LogP contribution in [0.2, 0.25) is 0 Å². The largest absolute Gasteiger partial charge is 0.399 e. The Morgan fingerprint density at radius 3 is 2.40 bits per heavy atom. The Bertz CT molecular complexity index is 701. The monoisotopic (exact) mass is 328 g/mol. The van der Waals surface area contributed by atoms with Crippen molar-refractivity contribution in [3.05, 3.63) is 64.4 Å². The van der Waals surface area contributed by atoms with Gasteiger partial charge in [0, 0.05) is 22.1 Å². The number of halogens is 1. The van der Waals surface area contributed by atoms with E-state index >= 15 is 0 Å². The van der Waals surface area contributed by atoms with Crippen molar-refractivity contribution in [1.82, 2.24) is 15.2 Å². The average Bonchev–Trinajstić information content (AvgIpc) is 2.91. The maximum Gasteiger partial charge on any atom is 0.181 e. The van der Waals surface area contributed by atoms with E-state index in [1.54, 1.807) is 0 Å². The second kappa shape index (κ2) is 5.46. The number of hydrogen-bond acceptors (Lipinski definition) is 3. The van der Waals surface area contributed by atoms with Crippen molar-refractivity contribution < 1.29 is 0 Å². The highest BCUT2D eigenvalue weighted by atomic mass is 79.9. The summed E-state index contributed by atoms with van der Waals surface area (Å²) < 4.78 is 1.07. The molecule has 0 spiro atoms.